The van der Waals surface area contributed by atoms with Gasteiger partial charge in [0.15, 0.2) is 0 Å². The van der Waals surface area contributed by atoms with E-state index in [1.165, 1.54) is 0 Å². The van der Waals surface area contributed by atoms with Crippen LogP contribution in [0.3, 0.4) is 0 Å². The number of allylic oxidation sites excluding steroid dienone is 3. The standard InChI is InChI=1S/C10H9NO2.HI.H2O/c12-10(13)8-4-6-11-5-2-1-3-9(11)7-8;;/h1-5,7H,6H2,(H,12,13);1H;1H2. The number of halogens is 1. The normalized spacial score (nSPS) is 16.7. The largest absolute Gasteiger partial charge is 0.478 e. The Labute approximate surface area is 105 Å². The van der Waals surface area contributed by atoms with Gasteiger partial charge in [0, 0.05) is 18.4 Å². The summed E-state index contributed by atoms with van der Waals surface area (Å²) in [7, 11) is 0. The zero-order valence-corrected chi connectivity index (χ0v) is 10.2. The van der Waals surface area contributed by atoms with Gasteiger partial charge < -0.3 is 15.5 Å². The van der Waals surface area contributed by atoms with Crippen molar-refractivity contribution in [2.75, 3.05) is 6.54 Å². The number of aliphatic carboxylic acids is 1. The van der Waals surface area contributed by atoms with Crippen LogP contribution in [0.25, 0.3) is 0 Å². The maximum Gasteiger partial charge on any atom is 0.335 e. The highest BCUT2D eigenvalue weighted by Crippen LogP contribution is 2.19. The molecule has 0 spiro atoms. The van der Waals surface area contributed by atoms with Crippen molar-refractivity contribution in [2.24, 2.45) is 0 Å². The highest BCUT2D eigenvalue weighted by Gasteiger charge is 2.14. The molecule has 0 saturated heterocycles. The molecule has 2 rings (SSSR count). The van der Waals surface area contributed by atoms with Crippen LogP contribution in [0.4, 0.5) is 0 Å². The van der Waals surface area contributed by atoms with Gasteiger partial charge in [-0.25, -0.2) is 4.79 Å². The molecule has 0 aromatic rings. The van der Waals surface area contributed by atoms with Crippen molar-refractivity contribution in [2.45, 2.75) is 0 Å². The highest BCUT2D eigenvalue weighted by atomic mass is 127. The number of carbonyl (C=O) groups is 1. The average molecular weight is 321 g/mol. The molecule has 2 heterocycles. The summed E-state index contributed by atoms with van der Waals surface area (Å²) in [5.74, 6) is -0.866. The Morgan fingerprint density at radius 3 is 2.80 bits per heavy atom. The first-order valence-corrected chi connectivity index (χ1v) is 4.04. The lowest BCUT2D eigenvalue weighted by atomic mass is 10.1. The average Bonchev–Trinajstić information content (AvgIpc) is 2.17. The van der Waals surface area contributed by atoms with Gasteiger partial charge in [0.1, 0.15) is 0 Å². The van der Waals surface area contributed by atoms with Crippen molar-refractivity contribution in [1.29, 1.82) is 0 Å². The fourth-order valence-electron chi connectivity index (χ4n) is 1.35. The molecule has 15 heavy (non-hydrogen) atoms. The van der Waals surface area contributed by atoms with Crippen LogP contribution in [-0.2, 0) is 4.79 Å². The topological polar surface area (TPSA) is 72.0 Å². The third-order valence-electron chi connectivity index (χ3n) is 2.03. The number of carboxylic acid groups (broad SMARTS) is 1. The number of carboxylic acids is 1. The summed E-state index contributed by atoms with van der Waals surface area (Å²) in [5, 5.41) is 8.76. The quantitative estimate of drug-likeness (QED) is 0.735. The van der Waals surface area contributed by atoms with E-state index in [-0.39, 0.29) is 29.5 Å². The Hall–Kier alpha value is -1.08. The van der Waals surface area contributed by atoms with E-state index < -0.39 is 5.97 Å². The van der Waals surface area contributed by atoms with E-state index in [4.69, 9.17) is 5.11 Å². The first-order valence-electron chi connectivity index (χ1n) is 4.04. The molecular weight excluding hydrogens is 309 g/mol. The van der Waals surface area contributed by atoms with Crippen LogP contribution in [0.1, 0.15) is 0 Å². The summed E-state index contributed by atoms with van der Waals surface area (Å²) in [5.41, 5.74) is 1.30. The van der Waals surface area contributed by atoms with Gasteiger partial charge in [-0.1, -0.05) is 12.2 Å². The zero-order chi connectivity index (χ0) is 9.26. The Morgan fingerprint density at radius 2 is 2.13 bits per heavy atom. The second-order valence-electron chi connectivity index (χ2n) is 2.89. The van der Waals surface area contributed by atoms with Gasteiger partial charge in [-0.2, -0.15) is 0 Å². The first-order chi connectivity index (χ1) is 6.27. The first kappa shape index (κ1) is 13.9. The van der Waals surface area contributed by atoms with E-state index in [1.54, 1.807) is 12.2 Å². The summed E-state index contributed by atoms with van der Waals surface area (Å²) < 4.78 is 0. The molecule has 0 fully saturated rings. The van der Waals surface area contributed by atoms with E-state index in [9.17, 15) is 4.79 Å². The molecule has 0 aromatic heterocycles. The fourth-order valence-corrected chi connectivity index (χ4v) is 1.35. The molecule has 3 N–H and O–H groups in total. The van der Waals surface area contributed by atoms with E-state index >= 15 is 0 Å². The zero-order valence-electron chi connectivity index (χ0n) is 7.88. The summed E-state index contributed by atoms with van der Waals surface area (Å²) in [4.78, 5) is 12.6. The Bertz CT molecular complexity index is 369. The van der Waals surface area contributed by atoms with Gasteiger partial charge >= 0.3 is 5.97 Å². The van der Waals surface area contributed by atoms with Crippen LogP contribution in [0, 0.1) is 0 Å². The molecule has 0 atom stereocenters. The van der Waals surface area contributed by atoms with Crippen LogP contribution >= 0.6 is 24.0 Å². The predicted molar refractivity (Wildman–Crippen MR) is 67.8 cm³/mol. The summed E-state index contributed by atoms with van der Waals surface area (Å²) in [6, 6.07) is 0. The van der Waals surface area contributed by atoms with Crippen molar-refractivity contribution in [1.82, 2.24) is 4.90 Å². The van der Waals surface area contributed by atoms with E-state index in [1.807, 2.05) is 29.3 Å². The fraction of sp³-hybridized carbons (Fsp3) is 0.100. The van der Waals surface area contributed by atoms with Crippen molar-refractivity contribution < 1.29 is 15.4 Å². The maximum atomic E-state index is 10.7. The van der Waals surface area contributed by atoms with Crippen LogP contribution in [0.2, 0.25) is 0 Å². The van der Waals surface area contributed by atoms with Gasteiger partial charge in [-0.3, -0.25) is 0 Å². The van der Waals surface area contributed by atoms with E-state index in [2.05, 4.69) is 0 Å². The van der Waals surface area contributed by atoms with Gasteiger partial charge in [0.25, 0.3) is 0 Å². The third-order valence-corrected chi connectivity index (χ3v) is 2.03. The molecule has 4 nitrogen and oxygen atoms in total. The molecule has 2 aliphatic rings. The number of hydrogen-bond donors (Lipinski definition) is 1. The molecule has 0 aliphatic carbocycles. The minimum absolute atomic E-state index is 0. The van der Waals surface area contributed by atoms with Gasteiger partial charge in [-0.15, -0.1) is 24.0 Å². The summed E-state index contributed by atoms with van der Waals surface area (Å²) in [6.45, 7) is 0.633. The van der Waals surface area contributed by atoms with E-state index in [0.717, 1.165) is 5.70 Å². The SMILES string of the molecule is I.O.O=C(O)C1=CCN2C=CC=CC2=C1. The van der Waals surface area contributed by atoms with Crippen LogP contribution in [-0.4, -0.2) is 28.0 Å². The minimum Gasteiger partial charge on any atom is -0.478 e. The summed E-state index contributed by atoms with van der Waals surface area (Å²) in [6.07, 6.45) is 11.0. The van der Waals surface area contributed by atoms with Gasteiger partial charge in [-0.05, 0) is 18.2 Å². The lowest BCUT2D eigenvalue weighted by molar-refractivity contribution is -0.132. The predicted octanol–water partition coefficient (Wildman–Crippen LogP) is 1.07. The summed E-state index contributed by atoms with van der Waals surface area (Å²) >= 11 is 0. The highest BCUT2D eigenvalue weighted by molar-refractivity contribution is 14.0. The smallest absolute Gasteiger partial charge is 0.335 e. The number of fused-ring (bicyclic) bond motifs is 1. The molecular formula is C10H12INO3. The number of rotatable bonds is 1. The van der Waals surface area contributed by atoms with Crippen LogP contribution < -0.4 is 0 Å². The second kappa shape index (κ2) is 5.72. The molecule has 0 bridgehead atoms. The number of hydrogen-bond acceptors (Lipinski definition) is 2. The molecule has 0 aromatic carbocycles. The van der Waals surface area contributed by atoms with Crippen LogP contribution in [0.5, 0.6) is 0 Å². The van der Waals surface area contributed by atoms with Crippen molar-refractivity contribution in [3.05, 3.63) is 47.9 Å². The van der Waals surface area contributed by atoms with Gasteiger partial charge in [0.2, 0.25) is 0 Å². The van der Waals surface area contributed by atoms with Crippen LogP contribution in [0.15, 0.2) is 47.9 Å². The maximum absolute atomic E-state index is 10.7. The van der Waals surface area contributed by atoms with Gasteiger partial charge in [0.05, 0.1) is 5.57 Å². The van der Waals surface area contributed by atoms with E-state index in [0.29, 0.717) is 12.1 Å². The molecule has 0 unspecified atom stereocenters. The second-order valence-corrected chi connectivity index (χ2v) is 2.89. The molecule has 0 saturated carbocycles. The Kier molecular flexibility index (Phi) is 5.31. The lowest BCUT2D eigenvalue weighted by Gasteiger charge is -2.25. The molecule has 2 aliphatic heterocycles. The van der Waals surface area contributed by atoms with Crippen molar-refractivity contribution >= 4 is 29.9 Å². The minimum atomic E-state index is -0.866. The Morgan fingerprint density at radius 1 is 1.40 bits per heavy atom. The third kappa shape index (κ3) is 2.93. The number of nitrogens with zero attached hydrogens (tertiary/aromatic N) is 1. The molecule has 82 valence electrons. The lowest BCUT2D eigenvalue weighted by Crippen LogP contribution is -2.22. The van der Waals surface area contributed by atoms with Crippen molar-refractivity contribution in [3.8, 4) is 0 Å². The molecule has 0 amide bonds. The Balaban J connectivity index is 0.000000980. The molecule has 0 radical (unpaired) electrons. The van der Waals surface area contributed by atoms with Crippen molar-refractivity contribution in [3.63, 3.8) is 0 Å². The monoisotopic (exact) mass is 321 g/mol. The molecule has 5 heteroatoms.